The van der Waals surface area contributed by atoms with Crippen molar-refractivity contribution in [2.45, 2.75) is 64.1 Å². The molecule has 1 aliphatic heterocycles. The van der Waals surface area contributed by atoms with Gasteiger partial charge < -0.3 is 10.1 Å². The Morgan fingerprint density at radius 1 is 1.15 bits per heavy atom. The summed E-state index contributed by atoms with van der Waals surface area (Å²) in [7, 11) is 0. The van der Waals surface area contributed by atoms with Gasteiger partial charge in [0, 0.05) is 17.5 Å². The Balaban J connectivity index is 2.04. The normalized spacial score (nSPS) is 24.7. The van der Waals surface area contributed by atoms with E-state index in [1.165, 1.54) is 0 Å². The number of carbonyl (C=O) groups excluding carboxylic acids is 1. The van der Waals surface area contributed by atoms with Crippen molar-refractivity contribution in [2.24, 2.45) is 0 Å². The average Bonchev–Trinajstić information content (AvgIpc) is 2.45. The highest BCUT2D eigenvalue weighted by Crippen LogP contribution is 2.29. The van der Waals surface area contributed by atoms with Crippen molar-refractivity contribution in [1.82, 2.24) is 5.32 Å². The highest BCUT2D eigenvalue weighted by atomic mass is 16.5. The van der Waals surface area contributed by atoms with Crippen LogP contribution < -0.4 is 5.32 Å². The van der Waals surface area contributed by atoms with Gasteiger partial charge in [0.15, 0.2) is 0 Å². The Hall–Kier alpha value is -1.35. The molecule has 1 heterocycles. The monoisotopic (exact) mass is 275 g/mol. The molecule has 1 N–H and O–H groups in total. The van der Waals surface area contributed by atoms with Crippen LogP contribution in [0.1, 0.15) is 57.3 Å². The minimum Gasteiger partial charge on any atom is -0.459 e. The van der Waals surface area contributed by atoms with Gasteiger partial charge in [-0.25, -0.2) is 4.79 Å². The lowest BCUT2D eigenvalue weighted by atomic mass is 9.96. The SMILES string of the molecule is CC1(C)CCC(OC(=O)c2ccccc2)CC(C)(C)N1. The van der Waals surface area contributed by atoms with E-state index < -0.39 is 0 Å². The molecule has 0 radical (unpaired) electrons. The van der Waals surface area contributed by atoms with Crippen molar-refractivity contribution in [3.63, 3.8) is 0 Å². The molecule has 1 atom stereocenters. The maximum Gasteiger partial charge on any atom is 0.338 e. The number of benzene rings is 1. The van der Waals surface area contributed by atoms with Crippen molar-refractivity contribution in [3.05, 3.63) is 35.9 Å². The van der Waals surface area contributed by atoms with Gasteiger partial charge in [-0.2, -0.15) is 0 Å². The molecule has 110 valence electrons. The second-order valence-corrected chi connectivity index (χ2v) is 7.03. The second-order valence-electron chi connectivity index (χ2n) is 7.03. The number of hydrogen-bond donors (Lipinski definition) is 1. The summed E-state index contributed by atoms with van der Waals surface area (Å²) in [4.78, 5) is 12.2. The van der Waals surface area contributed by atoms with Crippen LogP contribution in [0, 0.1) is 0 Å². The van der Waals surface area contributed by atoms with Crippen molar-refractivity contribution >= 4 is 5.97 Å². The number of hydrogen-bond acceptors (Lipinski definition) is 3. The Kier molecular flexibility index (Phi) is 4.19. The Labute approximate surface area is 121 Å². The largest absolute Gasteiger partial charge is 0.459 e. The van der Waals surface area contributed by atoms with Gasteiger partial charge in [-0.05, 0) is 52.7 Å². The summed E-state index contributed by atoms with van der Waals surface area (Å²) in [6, 6.07) is 9.22. The third kappa shape index (κ3) is 4.07. The van der Waals surface area contributed by atoms with Crippen LogP contribution >= 0.6 is 0 Å². The predicted octanol–water partition coefficient (Wildman–Crippen LogP) is 3.54. The minimum atomic E-state index is -0.217. The zero-order valence-corrected chi connectivity index (χ0v) is 12.9. The molecule has 0 spiro atoms. The Morgan fingerprint density at radius 3 is 2.45 bits per heavy atom. The molecule has 0 bridgehead atoms. The van der Waals surface area contributed by atoms with E-state index in [0.717, 1.165) is 19.3 Å². The molecule has 1 unspecified atom stereocenters. The molecule has 0 saturated carbocycles. The average molecular weight is 275 g/mol. The Morgan fingerprint density at radius 2 is 1.80 bits per heavy atom. The van der Waals surface area contributed by atoms with Crippen molar-refractivity contribution in [2.75, 3.05) is 0 Å². The number of ether oxygens (including phenoxy) is 1. The lowest BCUT2D eigenvalue weighted by Crippen LogP contribution is -2.50. The number of carbonyl (C=O) groups is 1. The van der Waals surface area contributed by atoms with Crippen LogP contribution in [0.15, 0.2) is 30.3 Å². The van der Waals surface area contributed by atoms with Crippen LogP contribution in [-0.4, -0.2) is 23.2 Å². The van der Waals surface area contributed by atoms with E-state index in [9.17, 15) is 4.79 Å². The highest BCUT2D eigenvalue weighted by Gasteiger charge is 2.35. The molecule has 0 amide bonds. The summed E-state index contributed by atoms with van der Waals surface area (Å²) >= 11 is 0. The van der Waals surface area contributed by atoms with Crippen LogP contribution in [0.3, 0.4) is 0 Å². The van der Waals surface area contributed by atoms with Gasteiger partial charge in [-0.15, -0.1) is 0 Å². The Bertz CT molecular complexity index is 465. The third-order valence-electron chi connectivity index (χ3n) is 3.79. The van der Waals surface area contributed by atoms with E-state index in [1.807, 2.05) is 18.2 Å². The van der Waals surface area contributed by atoms with E-state index in [2.05, 4.69) is 33.0 Å². The zero-order valence-electron chi connectivity index (χ0n) is 12.9. The summed E-state index contributed by atoms with van der Waals surface area (Å²) in [5.41, 5.74) is 0.681. The molecule has 1 fully saturated rings. The molecule has 3 heteroatoms. The quantitative estimate of drug-likeness (QED) is 0.839. The van der Waals surface area contributed by atoms with Crippen LogP contribution in [0.5, 0.6) is 0 Å². The molecule has 1 saturated heterocycles. The molecule has 0 aliphatic carbocycles. The molecule has 1 aliphatic rings. The van der Waals surface area contributed by atoms with Crippen LogP contribution in [0.2, 0.25) is 0 Å². The summed E-state index contributed by atoms with van der Waals surface area (Å²) in [6.45, 7) is 8.75. The summed E-state index contributed by atoms with van der Waals surface area (Å²) in [5.74, 6) is -0.217. The van der Waals surface area contributed by atoms with Crippen molar-refractivity contribution in [1.29, 1.82) is 0 Å². The lowest BCUT2D eigenvalue weighted by Gasteiger charge is -2.34. The molecule has 0 aromatic heterocycles. The number of nitrogens with one attached hydrogen (secondary N) is 1. The van der Waals surface area contributed by atoms with E-state index in [1.54, 1.807) is 12.1 Å². The van der Waals surface area contributed by atoms with E-state index in [-0.39, 0.29) is 23.2 Å². The molecular formula is C17H25NO2. The third-order valence-corrected chi connectivity index (χ3v) is 3.79. The predicted molar refractivity (Wildman–Crippen MR) is 80.8 cm³/mol. The van der Waals surface area contributed by atoms with Gasteiger partial charge in [0.2, 0.25) is 0 Å². The second kappa shape index (κ2) is 5.57. The van der Waals surface area contributed by atoms with Gasteiger partial charge in [0.1, 0.15) is 6.10 Å². The van der Waals surface area contributed by atoms with Crippen LogP contribution in [-0.2, 0) is 4.74 Å². The van der Waals surface area contributed by atoms with Gasteiger partial charge in [-0.1, -0.05) is 18.2 Å². The number of esters is 1. The summed E-state index contributed by atoms with van der Waals surface area (Å²) in [6.07, 6.45) is 2.73. The molecule has 1 aromatic carbocycles. The highest BCUT2D eigenvalue weighted by molar-refractivity contribution is 5.89. The van der Waals surface area contributed by atoms with Gasteiger partial charge in [-0.3, -0.25) is 0 Å². The van der Waals surface area contributed by atoms with Crippen LogP contribution in [0.25, 0.3) is 0 Å². The van der Waals surface area contributed by atoms with E-state index in [0.29, 0.717) is 5.56 Å². The van der Waals surface area contributed by atoms with Crippen molar-refractivity contribution in [3.8, 4) is 0 Å². The molecule has 2 rings (SSSR count). The number of rotatable bonds is 2. The molecule has 3 nitrogen and oxygen atoms in total. The first-order chi connectivity index (χ1) is 9.27. The lowest BCUT2D eigenvalue weighted by molar-refractivity contribution is 0.0228. The maximum absolute atomic E-state index is 12.2. The van der Waals surface area contributed by atoms with E-state index in [4.69, 9.17) is 4.74 Å². The smallest absolute Gasteiger partial charge is 0.338 e. The van der Waals surface area contributed by atoms with Crippen molar-refractivity contribution < 1.29 is 9.53 Å². The maximum atomic E-state index is 12.2. The first kappa shape index (κ1) is 15.0. The first-order valence-electron chi connectivity index (χ1n) is 7.33. The zero-order chi connectivity index (χ0) is 14.8. The fraction of sp³-hybridized carbons (Fsp3) is 0.588. The fourth-order valence-electron chi connectivity index (χ4n) is 3.12. The van der Waals surface area contributed by atoms with E-state index >= 15 is 0 Å². The standard InChI is InChI=1S/C17H25NO2/c1-16(2)11-10-14(12-17(3,4)18-16)20-15(19)13-8-6-5-7-9-13/h5-9,14,18H,10-12H2,1-4H3. The van der Waals surface area contributed by atoms with Gasteiger partial charge >= 0.3 is 5.97 Å². The molecular weight excluding hydrogens is 250 g/mol. The fourth-order valence-corrected chi connectivity index (χ4v) is 3.12. The molecule has 20 heavy (non-hydrogen) atoms. The summed E-state index contributed by atoms with van der Waals surface area (Å²) in [5, 5.41) is 3.65. The topological polar surface area (TPSA) is 38.3 Å². The van der Waals surface area contributed by atoms with Gasteiger partial charge in [0.05, 0.1) is 5.56 Å². The van der Waals surface area contributed by atoms with Crippen LogP contribution in [0.4, 0.5) is 0 Å². The van der Waals surface area contributed by atoms with Gasteiger partial charge in [0.25, 0.3) is 0 Å². The first-order valence-corrected chi connectivity index (χ1v) is 7.33. The molecule has 1 aromatic rings. The summed E-state index contributed by atoms with van der Waals surface area (Å²) < 4.78 is 5.71. The minimum absolute atomic E-state index is 0.0213.